The first-order valence-electron chi connectivity index (χ1n) is 7.55. The molecule has 4 rings (SSSR count). The third kappa shape index (κ3) is 3.10. The van der Waals surface area contributed by atoms with Gasteiger partial charge in [0.2, 0.25) is 0 Å². The second-order valence-electron chi connectivity index (χ2n) is 5.57. The van der Waals surface area contributed by atoms with Crippen molar-refractivity contribution in [3.05, 3.63) is 86.5 Å². The number of hydrogen-bond acceptors (Lipinski definition) is 3. The summed E-state index contributed by atoms with van der Waals surface area (Å²) in [6, 6.07) is 15.1. The molecule has 25 heavy (non-hydrogen) atoms. The van der Waals surface area contributed by atoms with Gasteiger partial charge in [0, 0.05) is 9.50 Å². The summed E-state index contributed by atoms with van der Waals surface area (Å²) in [4.78, 5) is 17.2. The van der Waals surface area contributed by atoms with Gasteiger partial charge in [0.1, 0.15) is 11.7 Å². The Bertz CT molecular complexity index is 1100. The van der Waals surface area contributed by atoms with Crippen LogP contribution >= 0.6 is 27.5 Å². The lowest BCUT2D eigenvalue weighted by Crippen LogP contribution is -2.21. The molecule has 7 heteroatoms. The molecule has 0 unspecified atom stereocenters. The predicted molar refractivity (Wildman–Crippen MR) is 101 cm³/mol. The summed E-state index contributed by atoms with van der Waals surface area (Å²) in [5.74, 6) is 0. The fraction of sp³-hybridized carbons (Fsp3) is 0.0556. The molecule has 0 saturated heterocycles. The maximum atomic E-state index is 12.7. The van der Waals surface area contributed by atoms with Gasteiger partial charge in [-0.25, -0.2) is 9.67 Å². The SMILES string of the molecule is O=c1c2cnn(-c3ccc(Br)cc3)c2ncn1Cc1ccc(Cl)cc1. The number of benzene rings is 2. The van der Waals surface area contributed by atoms with Gasteiger partial charge < -0.3 is 0 Å². The van der Waals surface area contributed by atoms with Gasteiger partial charge in [0.05, 0.1) is 18.4 Å². The van der Waals surface area contributed by atoms with Crippen LogP contribution in [0.1, 0.15) is 5.56 Å². The standard InChI is InChI=1S/C18H12BrClN4O/c19-13-3-7-15(8-4-13)24-17-16(9-22-24)18(25)23(11-21-17)10-12-1-5-14(20)6-2-12/h1-9,11H,10H2. The zero-order valence-electron chi connectivity index (χ0n) is 12.9. The summed E-state index contributed by atoms with van der Waals surface area (Å²) in [6.45, 7) is 0.433. The molecule has 0 amide bonds. The van der Waals surface area contributed by atoms with Gasteiger partial charge in [-0.05, 0) is 42.0 Å². The van der Waals surface area contributed by atoms with Crippen molar-refractivity contribution in [3.8, 4) is 5.69 Å². The van der Waals surface area contributed by atoms with Gasteiger partial charge in [-0.2, -0.15) is 5.10 Å². The molecule has 0 spiro atoms. The molecule has 4 aromatic rings. The average Bonchev–Trinajstić information content (AvgIpc) is 3.05. The Kier molecular flexibility index (Phi) is 4.15. The molecule has 0 aliphatic carbocycles. The van der Waals surface area contributed by atoms with Gasteiger partial charge in [-0.15, -0.1) is 0 Å². The van der Waals surface area contributed by atoms with E-state index in [0.717, 1.165) is 15.7 Å². The van der Waals surface area contributed by atoms with Gasteiger partial charge in [0.25, 0.3) is 5.56 Å². The molecule has 0 N–H and O–H groups in total. The molecule has 0 bridgehead atoms. The van der Waals surface area contributed by atoms with Crippen molar-refractivity contribution in [2.45, 2.75) is 6.54 Å². The van der Waals surface area contributed by atoms with Crippen LogP contribution in [0.25, 0.3) is 16.7 Å². The van der Waals surface area contributed by atoms with E-state index in [1.165, 1.54) is 0 Å². The molecule has 124 valence electrons. The number of halogens is 2. The summed E-state index contributed by atoms with van der Waals surface area (Å²) in [5.41, 5.74) is 2.25. The fourth-order valence-electron chi connectivity index (χ4n) is 2.62. The number of hydrogen-bond donors (Lipinski definition) is 0. The molecular weight excluding hydrogens is 404 g/mol. The van der Waals surface area contributed by atoms with Gasteiger partial charge in [0.15, 0.2) is 5.65 Å². The van der Waals surface area contributed by atoms with E-state index in [9.17, 15) is 4.79 Å². The summed E-state index contributed by atoms with van der Waals surface area (Å²) in [7, 11) is 0. The van der Waals surface area contributed by atoms with Crippen molar-refractivity contribution >= 4 is 38.6 Å². The average molecular weight is 416 g/mol. The van der Waals surface area contributed by atoms with Crippen LogP contribution in [0.3, 0.4) is 0 Å². The minimum atomic E-state index is -0.122. The van der Waals surface area contributed by atoms with E-state index in [4.69, 9.17) is 11.6 Å². The van der Waals surface area contributed by atoms with Crippen LogP contribution in [0.15, 0.2) is 70.3 Å². The molecule has 0 saturated carbocycles. The van der Waals surface area contributed by atoms with Gasteiger partial charge in [-0.1, -0.05) is 39.7 Å². The van der Waals surface area contributed by atoms with Crippen molar-refractivity contribution in [1.29, 1.82) is 0 Å². The van der Waals surface area contributed by atoms with E-state index in [1.54, 1.807) is 33.9 Å². The first kappa shape index (κ1) is 16.1. The van der Waals surface area contributed by atoms with Crippen LogP contribution in [0.4, 0.5) is 0 Å². The van der Waals surface area contributed by atoms with E-state index in [-0.39, 0.29) is 5.56 Å². The van der Waals surface area contributed by atoms with Crippen LogP contribution < -0.4 is 5.56 Å². The van der Waals surface area contributed by atoms with E-state index < -0.39 is 0 Å². The highest BCUT2D eigenvalue weighted by Crippen LogP contribution is 2.17. The largest absolute Gasteiger partial charge is 0.294 e. The Hall–Kier alpha value is -2.44. The maximum absolute atomic E-state index is 12.7. The lowest BCUT2D eigenvalue weighted by atomic mass is 10.2. The Labute approximate surface area is 156 Å². The number of aromatic nitrogens is 4. The Morgan fingerprint density at radius 2 is 1.76 bits per heavy atom. The van der Waals surface area contributed by atoms with Crippen molar-refractivity contribution in [3.63, 3.8) is 0 Å². The first-order valence-corrected chi connectivity index (χ1v) is 8.72. The summed E-state index contributed by atoms with van der Waals surface area (Å²) >= 11 is 9.31. The van der Waals surface area contributed by atoms with Crippen LogP contribution in [0, 0.1) is 0 Å². The zero-order valence-corrected chi connectivity index (χ0v) is 15.3. The summed E-state index contributed by atoms with van der Waals surface area (Å²) in [6.07, 6.45) is 3.11. The van der Waals surface area contributed by atoms with Crippen LogP contribution in [-0.4, -0.2) is 19.3 Å². The molecule has 2 aromatic heterocycles. The fourth-order valence-corrected chi connectivity index (χ4v) is 3.01. The Balaban J connectivity index is 1.75. The molecular formula is C18H12BrClN4O. The summed E-state index contributed by atoms with van der Waals surface area (Å²) < 4.78 is 4.21. The third-order valence-electron chi connectivity index (χ3n) is 3.89. The van der Waals surface area contributed by atoms with Crippen molar-refractivity contribution in [2.75, 3.05) is 0 Å². The lowest BCUT2D eigenvalue weighted by molar-refractivity contribution is 0.745. The predicted octanol–water partition coefficient (Wildman–Crippen LogP) is 4.05. The highest BCUT2D eigenvalue weighted by atomic mass is 79.9. The quantitative estimate of drug-likeness (QED) is 0.507. The molecule has 0 aliphatic heterocycles. The number of fused-ring (bicyclic) bond motifs is 1. The number of rotatable bonds is 3. The molecule has 0 fully saturated rings. The monoisotopic (exact) mass is 414 g/mol. The lowest BCUT2D eigenvalue weighted by Gasteiger charge is -2.07. The van der Waals surface area contributed by atoms with Gasteiger partial charge in [-0.3, -0.25) is 9.36 Å². The molecule has 5 nitrogen and oxygen atoms in total. The Morgan fingerprint density at radius 1 is 1.04 bits per heavy atom. The first-order chi connectivity index (χ1) is 12.1. The minimum Gasteiger partial charge on any atom is -0.294 e. The van der Waals surface area contributed by atoms with Crippen LogP contribution in [0.2, 0.25) is 5.02 Å². The molecule has 0 atom stereocenters. The highest BCUT2D eigenvalue weighted by molar-refractivity contribution is 9.10. The molecule has 2 heterocycles. The Morgan fingerprint density at radius 3 is 2.48 bits per heavy atom. The second kappa shape index (κ2) is 6.46. The van der Waals surface area contributed by atoms with E-state index in [2.05, 4.69) is 26.0 Å². The van der Waals surface area contributed by atoms with E-state index in [1.807, 2.05) is 36.4 Å². The topological polar surface area (TPSA) is 52.7 Å². The smallest absolute Gasteiger partial charge is 0.264 e. The molecule has 2 aromatic carbocycles. The van der Waals surface area contributed by atoms with E-state index >= 15 is 0 Å². The molecule has 0 aliphatic rings. The van der Waals surface area contributed by atoms with Crippen molar-refractivity contribution in [2.24, 2.45) is 0 Å². The maximum Gasteiger partial charge on any atom is 0.264 e. The number of nitrogens with zero attached hydrogens (tertiary/aromatic N) is 4. The third-order valence-corrected chi connectivity index (χ3v) is 4.67. The van der Waals surface area contributed by atoms with E-state index in [0.29, 0.717) is 22.6 Å². The minimum absolute atomic E-state index is 0.122. The van der Waals surface area contributed by atoms with Crippen LogP contribution in [-0.2, 0) is 6.54 Å². The van der Waals surface area contributed by atoms with Crippen LogP contribution in [0.5, 0.6) is 0 Å². The molecule has 0 radical (unpaired) electrons. The highest BCUT2D eigenvalue weighted by Gasteiger charge is 2.11. The van der Waals surface area contributed by atoms with Crippen molar-refractivity contribution < 1.29 is 0 Å². The van der Waals surface area contributed by atoms with Crippen molar-refractivity contribution in [1.82, 2.24) is 19.3 Å². The van der Waals surface area contributed by atoms with Gasteiger partial charge >= 0.3 is 0 Å². The zero-order chi connectivity index (χ0) is 17.4. The second-order valence-corrected chi connectivity index (χ2v) is 6.93. The summed E-state index contributed by atoms with van der Waals surface area (Å²) in [5, 5.41) is 5.48. The normalized spacial score (nSPS) is 11.1.